The first kappa shape index (κ1) is 20.3. The normalized spacial score (nSPS) is 11.3. The van der Waals surface area contributed by atoms with Gasteiger partial charge in [-0.25, -0.2) is 4.98 Å². The summed E-state index contributed by atoms with van der Waals surface area (Å²) in [6.07, 6.45) is 0.442. The molecule has 0 aliphatic carbocycles. The fourth-order valence-electron chi connectivity index (χ4n) is 3.47. The van der Waals surface area contributed by atoms with Crippen LogP contribution in [0.15, 0.2) is 84.9 Å². The summed E-state index contributed by atoms with van der Waals surface area (Å²) >= 11 is 1.71. The average Bonchev–Trinajstić information content (AvgIpc) is 3.19. The van der Waals surface area contributed by atoms with Gasteiger partial charge < -0.3 is 5.32 Å². The van der Waals surface area contributed by atoms with Crippen LogP contribution in [0.4, 0.5) is 0 Å². The molecular weight excluding hydrogens is 390 g/mol. The molecule has 4 aromatic rings. The number of carbonyl (C=O) groups is 1. The highest BCUT2D eigenvalue weighted by molar-refractivity contribution is 7.18. The third kappa shape index (κ3) is 5.12. The Morgan fingerprint density at radius 3 is 2.17 bits per heavy atom. The van der Waals surface area contributed by atoms with Crippen molar-refractivity contribution in [1.29, 1.82) is 0 Å². The number of benzene rings is 3. The van der Waals surface area contributed by atoms with E-state index in [1.54, 1.807) is 11.3 Å². The number of hydrogen-bond donors (Lipinski definition) is 1. The zero-order valence-electron chi connectivity index (χ0n) is 17.0. The average molecular weight is 416 g/mol. The molecule has 0 aliphatic rings. The monoisotopic (exact) mass is 415 g/mol. The van der Waals surface area contributed by atoms with Crippen molar-refractivity contribution in [1.82, 2.24) is 15.2 Å². The molecule has 0 fully saturated rings. The third-order valence-electron chi connectivity index (χ3n) is 5.04. The van der Waals surface area contributed by atoms with Gasteiger partial charge in [0, 0.05) is 13.0 Å². The number of para-hydroxylation sites is 1. The molecule has 30 heavy (non-hydrogen) atoms. The number of aromatic nitrogens is 1. The number of hydrogen-bond acceptors (Lipinski definition) is 4. The molecule has 1 aromatic heterocycles. The lowest BCUT2D eigenvalue weighted by Gasteiger charge is -2.21. The number of carbonyl (C=O) groups excluding carboxylic acids is 1. The van der Waals surface area contributed by atoms with E-state index in [4.69, 9.17) is 0 Å². The smallest absolute Gasteiger partial charge is 0.222 e. The molecule has 4 rings (SSSR count). The van der Waals surface area contributed by atoms with Gasteiger partial charge in [-0.15, -0.1) is 11.3 Å². The fraction of sp³-hybridized carbons (Fsp3) is 0.200. The molecule has 1 amide bonds. The topological polar surface area (TPSA) is 45.2 Å². The fourth-order valence-corrected chi connectivity index (χ4v) is 4.52. The largest absolute Gasteiger partial charge is 0.345 e. The summed E-state index contributed by atoms with van der Waals surface area (Å²) in [6.45, 7) is 1.42. The van der Waals surface area contributed by atoms with Crippen LogP contribution in [0.3, 0.4) is 0 Å². The summed E-state index contributed by atoms with van der Waals surface area (Å²) in [6, 6.07) is 28.2. The highest BCUT2D eigenvalue weighted by atomic mass is 32.1. The van der Waals surface area contributed by atoms with Crippen molar-refractivity contribution in [3.8, 4) is 0 Å². The summed E-state index contributed by atoms with van der Waals surface area (Å²) in [5, 5.41) is 4.29. The van der Waals surface area contributed by atoms with Crippen LogP contribution in [0, 0.1) is 0 Å². The summed E-state index contributed by atoms with van der Waals surface area (Å²) in [5.74, 6) is 0.0452. The molecule has 5 heteroatoms. The van der Waals surface area contributed by atoms with Gasteiger partial charge in [-0.05, 0) is 30.3 Å². The lowest BCUT2D eigenvalue weighted by atomic mass is 9.98. The van der Waals surface area contributed by atoms with Crippen LogP contribution in [-0.2, 0) is 11.3 Å². The minimum Gasteiger partial charge on any atom is -0.345 e. The van der Waals surface area contributed by atoms with E-state index in [0.29, 0.717) is 13.0 Å². The highest BCUT2D eigenvalue weighted by Crippen LogP contribution is 2.23. The lowest BCUT2D eigenvalue weighted by molar-refractivity contribution is -0.121. The Hall–Kier alpha value is -3.02. The van der Waals surface area contributed by atoms with Crippen molar-refractivity contribution in [3.05, 3.63) is 101 Å². The lowest BCUT2D eigenvalue weighted by Crippen LogP contribution is -2.32. The summed E-state index contributed by atoms with van der Waals surface area (Å²) in [7, 11) is 2.03. The minimum absolute atomic E-state index is 0.0452. The number of rotatable bonds is 8. The van der Waals surface area contributed by atoms with Crippen molar-refractivity contribution in [2.24, 2.45) is 0 Å². The Bertz CT molecular complexity index is 1020. The van der Waals surface area contributed by atoms with Crippen LogP contribution in [0.1, 0.15) is 28.6 Å². The molecule has 0 spiro atoms. The van der Waals surface area contributed by atoms with E-state index in [1.807, 2.05) is 61.6 Å². The summed E-state index contributed by atoms with van der Waals surface area (Å²) in [5.41, 5.74) is 3.21. The number of nitrogens with one attached hydrogen (secondary N) is 1. The van der Waals surface area contributed by atoms with E-state index >= 15 is 0 Å². The van der Waals surface area contributed by atoms with Gasteiger partial charge in [0.15, 0.2) is 0 Å². The first-order valence-corrected chi connectivity index (χ1v) is 10.9. The van der Waals surface area contributed by atoms with Crippen molar-refractivity contribution in [3.63, 3.8) is 0 Å². The van der Waals surface area contributed by atoms with Crippen LogP contribution in [0.2, 0.25) is 0 Å². The minimum atomic E-state index is -0.144. The molecule has 0 saturated carbocycles. The van der Waals surface area contributed by atoms with Crippen molar-refractivity contribution < 1.29 is 4.79 Å². The van der Waals surface area contributed by atoms with Crippen molar-refractivity contribution >= 4 is 27.5 Å². The van der Waals surface area contributed by atoms with Gasteiger partial charge in [-0.3, -0.25) is 9.69 Å². The maximum Gasteiger partial charge on any atom is 0.222 e. The van der Waals surface area contributed by atoms with Crippen LogP contribution in [0.5, 0.6) is 0 Å². The Morgan fingerprint density at radius 1 is 0.933 bits per heavy atom. The van der Waals surface area contributed by atoms with Crippen LogP contribution >= 0.6 is 11.3 Å². The van der Waals surface area contributed by atoms with Crippen LogP contribution < -0.4 is 5.32 Å². The molecule has 3 aromatic carbocycles. The van der Waals surface area contributed by atoms with Crippen molar-refractivity contribution in [2.45, 2.75) is 19.0 Å². The summed E-state index contributed by atoms with van der Waals surface area (Å²) < 4.78 is 1.20. The van der Waals surface area contributed by atoms with Gasteiger partial charge in [0.05, 0.1) is 22.8 Å². The predicted molar refractivity (Wildman–Crippen MR) is 123 cm³/mol. The second-order valence-electron chi connectivity index (χ2n) is 7.39. The number of nitrogens with zero attached hydrogens (tertiary/aromatic N) is 2. The third-order valence-corrected chi connectivity index (χ3v) is 6.06. The van der Waals surface area contributed by atoms with Gasteiger partial charge in [-0.1, -0.05) is 72.8 Å². The SMILES string of the molecule is CN(CCC(=O)NC(c1ccccc1)c1ccccc1)Cc1nc2ccccc2s1. The molecule has 0 bridgehead atoms. The van der Waals surface area contributed by atoms with Gasteiger partial charge >= 0.3 is 0 Å². The van der Waals surface area contributed by atoms with Crippen LogP contribution in [0.25, 0.3) is 10.2 Å². The summed E-state index contributed by atoms with van der Waals surface area (Å²) in [4.78, 5) is 19.6. The van der Waals surface area contributed by atoms with E-state index in [2.05, 4.69) is 45.5 Å². The first-order chi connectivity index (χ1) is 14.7. The molecule has 152 valence electrons. The van der Waals surface area contributed by atoms with E-state index in [-0.39, 0.29) is 11.9 Å². The Kier molecular flexibility index (Phi) is 6.52. The van der Waals surface area contributed by atoms with Gasteiger partial charge in [0.25, 0.3) is 0 Å². The Labute approximate surface area is 181 Å². The molecule has 1 heterocycles. The molecule has 0 atom stereocenters. The van der Waals surface area contributed by atoms with Gasteiger partial charge in [-0.2, -0.15) is 0 Å². The molecule has 1 N–H and O–H groups in total. The predicted octanol–water partition coefficient (Wildman–Crippen LogP) is 5.02. The number of amides is 1. The molecule has 0 unspecified atom stereocenters. The van der Waals surface area contributed by atoms with Crippen molar-refractivity contribution in [2.75, 3.05) is 13.6 Å². The van der Waals surface area contributed by atoms with Gasteiger partial charge in [0.1, 0.15) is 5.01 Å². The first-order valence-electron chi connectivity index (χ1n) is 10.1. The maximum absolute atomic E-state index is 12.7. The molecule has 0 saturated heterocycles. The van der Waals surface area contributed by atoms with E-state index < -0.39 is 0 Å². The molecule has 0 radical (unpaired) electrons. The molecule has 0 aliphatic heterocycles. The molecule has 4 nitrogen and oxygen atoms in total. The zero-order valence-corrected chi connectivity index (χ0v) is 17.8. The number of thiazole rings is 1. The zero-order chi connectivity index (χ0) is 20.8. The van der Waals surface area contributed by atoms with Gasteiger partial charge in [0.2, 0.25) is 5.91 Å². The van der Waals surface area contributed by atoms with Crippen LogP contribution in [-0.4, -0.2) is 29.4 Å². The Morgan fingerprint density at radius 2 is 1.53 bits per heavy atom. The second kappa shape index (κ2) is 9.65. The Balaban J connectivity index is 1.36. The quantitative estimate of drug-likeness (QED) is 0.439. The number of fused-ring (bicyclic) bond motifs is 1. The second-order valence-corrected chi connectivity index (χ2v) is 8.50. The molecular formula is C25H25N3OS. The van der Waals surface area contributed by atoms with E-state index in [9.17, 15) is 4.79 Å². The standard InChI is InChI=1S/C25H25N3OS/c1-28(18-24-26-21-14-8-9-15-22(21)30-24)17-16-23(29)27-25(19-10-4-2-5-11-19)20-12-6-3-7-13-20/h2-15,25H,16-18H2,1H3,(H,27,29). The van der Waals surface area contributed by atoms with E-state index in [0.717, 1.165) is 28.2 Å². The highest BCUT2D eigenvalue weighted by Gasteiger charge is 2.17. The maximum atomic E-state index is 12.7. The van der Waals surface area contributed by atoms with E-state index in [1.165, 1.54) is 4.70 Å².